The van der Waals surface area contributed by atoms with E-state index in [1.54, 1.807) is 25.7 Å². The average Bonchev–Trinajstić information content (AvgIpc) is 2.78. The molecular formula is C31H53N3O4. The van der Waals surface area contributed by atoms with Crippen molar-refractivity contribution in [2.45, 2.75) is 131 Å². The lowest BCUT2D eigenvalue weighted by Crippen LogP contribution is -2.54. The highest BCUT2D eigenvalue weighted by Gasteiger charge is 2.36. The Labute approximate surface area is 231 Å². The smallest absolute Gasteiger partial charge is 0.408 e. The van der Waals surface area contributed by atoms with E-state index in [0.717, 1.165) is 36.8 Å². The molecule has 0 aliphatic heterocycles. The third-order valence-electron chi connectivity index (χ3n) is 6.12. The lowest BCUT2D eigenvalue weighted by Gasteiger charge is -2.35. The van der Waals surface area contributed by atoms with Gasteiger partial charge in [0, 0.05) is 12.6 Å². The van der Waals surface area contributed by atoms with Gasteiger partial charge in [0.2, 0.25) is 11.8 Å². The molecule has 0 aliphatic carbocycles. The fourth-order valence-corrected chi connectivity index (χ4v) is 4.36. The van der Waals surface area contributed by atoms with Crippen LogP contribution in [0.5, 0.6) is 0 Å². The number of carbonyl (C=O) groups is 3. The molecule has 38 heavy (non-hydrogen) atoms. The molecule has 0 saturated carbocycles. The molecule has 1 aromatic rings. The van der Waals surface area contributed by atoms with Crippen LogP contribution in [0, 0.1) is 12.8 Å². The van der Waals surface area contributed by atoms with Crippen LogP contribution in [0.4, 0.5) is 4.79 Å². The number of benzene rings is 1. The minimum Gasteiger partial charge on any atom is -0.444 e. The maximum atomic E-state index is 14.2. The normalized spacial score (nSPS) is 13.2. The van der Waals surface area contributed by atoms with Gasteiger partial charge in [-0.05, 0) is 65.9 Å². The Kier molecular flexibility index (Phi) is 14.4. The van der Waals surface area contributed by atoms with E-state index >= 15 is 0 Å². The molecule has 0 heterocycles. The highest BCUT2D eigenvalue weighted by molar-refractivity contribution is 5.92. The molecule has 0 bridgehead atoms. The summed E-state index contributed by atoms with van der Waals surface area (Å²) in [6.45, 7) is 17.8. The molecule has 0 radical (unpaired) electrons. The van der Waals surface area contributed by atoms with Crippen molar-refractivity contribution in [3.05, 3.63) is 35.4 Å². The molecule has 2 atom stereocenters. The Balaban J connectivity index is 3.40. The number of aryl methyl sites for hydroxylation is 1. The van der Waals surface area contributed by atoms with Crippen molar-refractivity contribution < 1.29 is 19.1 Å². The van der Waals surface area contributed by atoms with Crippen LogP contribution in [0.15, 0.2) is 24.3 Å². The third-order valence-corrected chi connectivity index (χ3v) is 6.12. The predicted octanol–water partition coefficient (Wildman–Crippen LogP) is 6.69. The topological polar surface area (TPSA) is 87.7 Å². The number of rotatable bonds is 15. The maximum Gasteiger partial charge on any atom is 0.408 e. The number of amides is 3. The number of ether oxygens (including phenoxy) is 1. The van der Waals surface area contributed by atoms with E-state index in [1.807, 2.05) is 58.9 Å². The molecule has 7 nitrogen and oxygen atoms in total. The van der Waals surface area contributed by atoms with E-state index in [1.165, 1.54) is 12.8 Å². The van der Waals surface area contributed by atoms with Gasteiger partial charge >= 0.3 is 6.09 Å². The van der Waals surface area contributed by atoms with Crippen molar-refractivity contribution in [2.75, 3.05) is 6.54 Å². The van der Waals surface area contributed by atoms with Gasteiger partial charge in [0.25, 0.3) is 0 Å². The lowest BCUT2D eigenvalue weighted by atomic mass is 9.98. The van der Waals surface area contributed by atoms with Crippen molar-refractivity contribution in [1.29, 1.82) is 0 Å². The molecular weight excluding hydrogens is 478 g/mol. The van der Waals surface area contributed by atoms with Crippen LogP contribution in [0.1, 0.15) is 118 Å². The zero-order valence-electron chi connectivity index (χ0n) is 25.4. The summed E-state index contributed by atoms with van der Waals surface area (Å²) in [4.78, 5) is 42.2. The second kappa shape index (κ2) is 16.4. The van der Waals surface area contributed by atoms with Gasteiger partial charge in [-0.3, -0.25) is 9.59 Å². The van der Waals surface area contributed by atoms with E-state index in [-0.39, 0.29) is 23.8 Å². The molecule has 0 aromatic heterocycles. The summed E-state index contributed by atoms with van der Waals surface area (Å²) in [7, 11) is 0. The summed E-state index contributed by atoms with van der Waals surface area (Å²) >= 11 is 0. The van der Waals surface area contributed by atoms with Crippen molar-refractivity contribution in [3.63, 3.8) is 0 Å². The number of alkyl carbamates (subject to hydrolysis) is 1. The van der Waals surface area contributed by atoms with E-state index in [4.69, 9.17) is 4.74 Å². The minimum atomic E-state index is -0.801. The maximum absolute atomic E-state index is 14.2. The number of hydrogen-bond acceptors (Lipinski definition) is 4. The number of carbonyl (C=O) groups excluding carboxylic acids is 3. The quantitative estimate of drug-likeness (QED) is 0.247. The SMILES string of the molecule is CCCCCCCCN(C(=O)C(CC(C)C)NC(=O)OC(C)(C)C)C(C(=O)NC(C)C)c1ccc(C)cc1. The molecule has 0 spiro atoms. The van der Waals surface area contributed by atoms with Crippen LogP contribution in [0.2, 0.25) is 0 Å². The van der Waals surface area contributed by atoms with Crippen LogP contribution in [-0.2, 0) is 14.3 Å². The van der Waals surface area contributed by atoms with Gasteiger partial charge in [0.15, 0.2) is 0 Å². The summed E-state index contributed by atoms with van der Waals surface area (Å²) in [6.07, 6.45) is 6.19. The van der Waals surface area contributed by atoms with Gasteiger partial charge in [0.1, 0.15) is 17.7 Å². The minimum absolute atomic E-state index is 0.0761. The van der Waals surface area contributed by atoms with Gasteiger partial charge in [-0.1, -0.05) is 82.7 Å². The van der Waals surface area contributed by atoms with Crippen LogP contribution >= 0.6 is 0 Å². The Morgan fingerprint density at radius 1 is 0.895 bits per heavy atom. The van der Waals surface area contributed by atoms with Crippen molar-refractivity contribution >= 4 is 17.9 Å². The van der Waals surface area contributed by atoms with Crippen LogP contribution < -0.4 is 10.6 Å². The zero-order chi connectivity index (χ0) is 28.9. The van der Waals surface area contributed by atoms with Gasteiger partial charge in [-0.15, -0.1) is 0 Å². The molecule has 7 heteroatoms. The molecule has 1 rings (SSSR count). The fraction of sp³-hybridized carbons (Fsp3) is 0.710. The number of hydrogen-bond donors (Lipinski definition) is 2. The molecule has 216 valence electrons. The summed E-state index contributed by atoms with van der Waals surface area (Å²) in [5.74, 6) is -0.330. The summed E-state index contributed by atoms with van der Waals surface area (Å²) in [5.41, 5.74) is 1.15. The van der Waals surface area contributed by atoms with Crippen LogP contribution in [0.3, 0.4) is 0 Å². The second-order valence-corrected chi connectivity index (χ2v) is 12.1. The standard InChI is InChI=1S/C31H53N3O4/c1-10-11-12-13-14-15-20-34(27(28(35)32-23(4)5)25-18-16-24(6)17-19-25)29(36)26(21-22(2)3)33-30(37)38-31(7,8)9/h16-19,22-23,26-27H,10-15,20-21H2,1-9H3,(H,32,35)(H,33,37). The predicted molar refractivity (Wildman–Crippen MR) is 155 cm³/mol. The Morgan fingerprint density at radius 3 is 2.00 bits per heavy atom. The second-order valence-electron chi connectivity index (χ2n) is 12.1. The van der Waals surface area contributed by atoms with Crippen molar-refractivity contribution in [3.8, 4) is 0 Å². The number of unbranched alkanes of at least 4 members (excludes halogenated alkanes) is 5. The monoisotopic (exact) mass is 531 g/mol. The summed E-state index contributed by atoms with van der Waals surface area (Å²) < 4.78 is 5.47. The first-order valence-corrected chi connectivity index (χ1v) is 14.4. The molecule has 0 saturated heterocycles. The largest absolute Gasteiger partial charge is 0.444 e. The summed E-state index contributed by atoms with van der Waals surface area (Å²) in [5, 5.41) is 5.83. The van der Waals surface area contributed by atoms with E-state index in [9.17, 15) is 14.4 Å². The Bertz CT molecular complexity index is 859. The number of nitrogens with zero attached hydrogens (tertiary/aromatic N) is 1. The van der Waals surface area contributed by atoms with Crippen molar-refractivity contribution in [1.82, 2.24) is 15.5 Å². The molecule has 3 amide bonds. The van der Waals surface area contributed by atoms with Crippen LogP contribution in [0.25, 0.3) is 0 Å². The van der Waals surface area contributed by atoms with E-state index in [2.05, 4.69) is 17.6 Å². The first-order chi connectivity index (χ1) is 17.7. The molecule has 2 N–H and O–H groups in total. The van der Waals surface area contributed by atoms with E-state index < -0.39 is 23.8 Å². The lowest BCUT2D eigenvalue weighted by molar-refractivity contribution is -0.143. The summed E-state index contributed by atoms with van der Waals surface area (Å²) in [6, 6.07) is 6.08. The fourth-order valence-electron chi connectivity index (χ4n) is 4.36. The van der Waals surface area contributed by atoms with E-state index in [0.29, 0.717) is 13.0 Å². The molecule has 2 unspecified atom stereocenters. The molecule has 1 aromatic carbocycles. The van der Waals surface area contributed by atoms with Crippen LogP contribution in [-0.4, -0.2) is 47.0 Å². The van der Waals surface area contributed by atoms with Gasteiger partial charge in [0.05, 0.1) is 0 Å². The third kappa shape index (κ3) is 12.8. The Hall–Kier alpha value is -2.57. The zero-order valence-corrected chi connectivity index (χ0v) is 25.4. The highest BCUT2D eigenvalue weighted by atomic mass is 16.6. The Morgan fingerprint density at radius 2 is 1.47 bits per heavy atom. The van der Waals surface area contributed by atoms with Gasteiger partial charge in [-0.2, -0.15) is 0 Å². The molecule has 0 aliphatic rings. The average molecular weight is 532 g/mol. The van der Waals surface area contributed by atoms with Crippen molar-refractivity contribution in [2.24, 2.45) is 5.92 Å². The van der Waals surface area contributed by atoms with Gasteiger partial charge in [-0.25, -0.2) is 4.79 Å². The molecule has 0 fully saturated rings. The number of nitrogens with one attached hydrogen (secondary N) is 2. The highest BCUT2D eigenvalue weighted by Crippen LogP contribution is 2.25. The first kappa shape index (κ1) is 33.5. The first-order valence-electron chi connectivity index (χ1n) is 14.4. The van der Waals surface area contributed by atoms with Gasteiger partial charge < -0.3 is 20.3 Å².